The highest BCUT2D eigenvalue weighted by atomic mass is 16.1. The molecule has 1 aromatic heterocycles. The van der Waals surface area contributed by atoms with Crippen molar-refractivity contribution in [3.05, 3.63) is 46.2 Å². The van der Waals surface area contributed by atoms with Crippen LogP contribution in [0.3, 0.4) is 0 Å². The highest BCUT2D eigenvalue weighted by Gasteiger charge is 2.00. The van der Waals surface area contributed by atoms with E-state index < -0.39 is 5.91 Å². The number of hydrogen-bond acceptors (Lipinski definition) is 2. The van der Waals surface area contributed by atoms with Crippen LogP contribution in [-0.4, -0.2) is 10.9 Å². The number of nitrogens with one attached hydrogen (secondary N) is 1. The molecular formula is C13H10N2O2. The van der Waals surface area contributed by atoms with Crippen LogP contribution < -0.4 is 11.2 Å². The summed E-state index contributed by atoms with van der Waals surface area (Å²) < 4.78 is 0. The minimum atomic E-state index is -0.466. The van der Waals surface area contributed by atoms with Crippen molar-refractivity contribution in [1.29, 1.82) is 0 Å². The van der Waals surface area contributed by atoms with Gasteiger partial charge >= 0.3 is 0 Å². The van der Waals surface area contributed by atoms with Gasteiger partial charge in [-0.3, -0.25) is 9.59 Å². The maximum Gasteiger partial charge on any atom is 0.229 e. The van der Waals surface area contributed by atoms with Crippen molar-refractivity contribution in [3.63, 3.8) is 0 Å². The van der Waals surface area contributed by atoms with Crippen LogP contribution in [0.25, 0.3) is 10.9 Å². The molecule has 0 aliphatic heterocycles. The van der Waals surface area contributed by atoms with Crippen molar-refractivity contribution in [2.24, 2.45) is 5.73 Å². The Morgan fingerprint density at radius 2 is 2.18 bits per heavy atom. The van der Waals surface area contributed by atoms with Crippen LogP contribution in [0.5, 0.6) is 0 Å². The molecule has 0 aliphatic rings. The summed E-state index contributed by atoms with van der Waals surface area (Å²) in [4.78, 5) is 25.1. The number of amides is 1. The van der Waals surface area contributed by atoms with Crippen molar-refractivity contribution in [2.45, 2.75) is 6.42 Å². The van der Waals surface area contributed by atoms with E-state index in [0.29, 0.717) is 16.5 Å². The van der Waals surface area contributed by atoms with Crippen LogP contribution in [0.15, 0.2) is 35.3 Å². The molecule has 2 aromatic rings. The van der Waals surface area contributed by atoms with E-state index >= 15 is 0 Å². The predicted molar refractivity (Wildman–Crippen MR) is 65.3 cm³/mol. The van der Waals surface area contributed by atoms with Gasteiger partial charge in [-0.2, -0.15) is 0 Å². The van der Waals surface area contributed by atoms with Crippen LogP contribution in [0.4, 0.5) is 0 Å². The summed E-state index contributed by atoms with van der Waals surface area (Å²) >= 11 is 0. The van der Waals surface area contributed by atoms with E-state index in [-0.39, 0.29) is 11.8 Å². The summed E-state index contributed by atoms with van der Waals surface area (Å²) in [7, 11) is 0. The number of benzene rings is 1. The second-order valence-electron chi connectivity index (χ2n) is 3.51. The van der Waals surface area contributed by atoms with E-state index in [1.807, 2.05) is 0 Å². The first kappa shape index (κ1) is 11.0. The van der Waals surface area contributed by atoms with E-state index in [9.17, 15) is 9.59 Å². The molecule has 0 saturated carbocycles. The lowest BCUT2D eigenvalue weighted by atomic mass is 10.1. The lowest BCUT2D eigenvalue weighted by Crippen LogP contribution is -2.08. The first-order valence-corrected chi connectivity index (χ1v) is 5.06. The molecule has 0 spiro atoms. The number of aromatic amines is 1. The first-order valence-electron chi connectivity index (χ1n) is 5.06. The third kappa shape index (κ3) is 2.34. The van der Waals surface area contributed by atoms with Crippen molar-refractivity contribution in [3.8, 4) is 11.8 Å². The molecule has 0 atom stereocenters. The number of pyridine rings is 1. The molecular weight excluding hydrogens is 216 g/mol. The number of hydrogen-bond donors (Lipinski definition) is 2. The van der Waals surface area contributed by atoms with E-state index in [4.69, 9.17) is 5.73 Å². The van der Waals surface area contributed by atoms with Crippen LogP contribution in [0.2, 0.25) is 0 Å². The highest BCUT2D eigenvalue weighted by molar-refractivity contribution is 5.84. The molecule has 4 nitrogen and oxygen atoms in total. The summed E-state index contributed by atoms with van der Waals surface area (Å²) in [6, 6.07) is 6.73. The molecule has 1 aromatic carbocycles. The number of rotatable bonds is 1. The van der Waals surface area contributed by atoms with Crippen LogP contribution in [-0.2, 0) is 4.79 Å². The smallest absolute Gasteiger partial charge is 0.229 e. The molecule has 3 N–H and O–H groups in total. The van der Waals surface area contributed by atoms with Gasteiger partial charge in [0.05, 0.1) is 11.9 Å². The minimum Gasteiger partial charge on any atom is -0.369 e. The quantitative estimate of drug-likeness (QED) is 0.704. The number of fused-ring (bicyclic) bond motifs is 1. The Hall–Kier alpha value is -2.54. The van der Waals surface area contributed by atoms with Gasteiger partial charge in [0.25, 0.3) is 0 Å². The zero-order valence-corrected chi connectivity index (χ0v) is 8.99. The summed E-state index contributed by atoms with van der Waals surface area (Å²) in [6.07, 6.45) is 1.58. The van der Waals surface area contributed by atoms with Crippen molar-refractivity contribution < 1.29 is 4.79 Å². The maximum atomic E-state index is 11.6. The van der Waals surface area contributed by atoms with E-state index in [2.05, 4.69) is 16.8 Å². The summed E-state index contributed by atoms with van der Waals surface area (Å²) in [5, 5.41) is 0.582. The van der Waals surface area contributed by atoms with Gasteiger partial charge in [0.1, 0.15) is 0 Å². The Labute approximate surface area is 97.5 Å². The molecule has 0 unspecified atom stereocenters. The molecule has 84 valence electrons. The van der Waals surface area contributed by atoms with Crippen molar-refractivity contribution >= 4 is 16.8 Å². The Balaban J connectivity index is 2.54. The monoisotopic (exact) mass is 226 g/mol. The Morgan fingerprint density at radius 3 is 2.94 bits per heavy atom. The zero-order valence-electron chi connectivity index (χ0n) is 8.99. The molecule has 2 rings (SSSR count). The Morgan fingerprint density at radius 1 is 1.35 bits per heavy atom. The van der Waals surface area contributed by atoms with E-state index in [0.717, 1.165) is 0 Å². The number of primary amides is 1. The lowest BCUT2D eigenvalue weighted by molar-refractivity contribution is -0.117. The number of nitrogens with two attached hydrogens (primary N) is 1. The van der Waals surface area contributed by atoms with Crippen molar-refractivity contribution in [2.75, 3.05) is 0 Å². The van der Waals surface area contributed by atoms with Crippen molar-refractivity contribution in [1.82, 2.24) is 4.98 Å². The van der Waals surface area contributed by atoms with Crippen LogP contribution in [0.1, 0.15) is 12.0 Å². The largest absolute Gasteiger partial charge is 0.369 e. The second kappa shape index (κ2) is 4.54. The fourth-order valence-corrected chi connectivity index (χ4v) is 1.53. The van der Waals surface area contributed by atoms with Gasteiger partial charge in [-0.05, 0) is 12.1 Å². The summed E-state index contributed by atoms with van der Waals surface area (Å²) in [6.45, 7) is 0. The SMILES string of the molecule is NC(=O)CC#Cc1cccc2c(=O)cc[nH]c12. The van der Waals surface area contributed by atoms with Gasteiger partial charge in [0.15, 0.2) is 5.43 Å². The normalized spacial score (nSPS) is 9.65. The molecule has 0 aliphatic carbocycles. The van der Waals surface area contributed by atoms with Crippen LogP contribution in [0, 0.1) is 11.8 Å². The maximum absolute atomic E-state index is 11.6. The molecule has 0 saturated heterocycles. The molecule has 4 heteroatoms. The minimum absolute atomic E-state index is 0.00739. The number of H-pyrrole nitrogens is 1. The lowest BCUT2D eigenvalue weighted by Gasteiger charge is -1.98. The third-order valence-electron chi connectivity index (χ3n) is 2.28. The molecule has 1 amide bonds. The molecule has 1 heterocycles. The fourth-order valence-electron chi connectivity index (χ4n) is 1.53. The molecule has 0 radical (unpaired) electrons. The topological polar surface area (TPSA) is 76.0 Å². The van der Waals surface area contributed by atoms with Gasteiger partial charge in [-0.25, -0.2) is 0 Å². The number of aromatic nitrogens is 1. The third-order valence-corrected chi connectivity index (χ3v) is 2.28. The molecule has 0 fully saturated rings. The van der Waals surface area contributed by atoms with Gasteiger partial charge in [0.2, 0.25) is 5.91 Å². The highest BCUT2D eigenvalue weighted by Crippen LogP contribution is 2.11. The standard InChI is InChI=1S/C13H10N2O2/c14-12(17)6-2-4-9-3-1-5-10-11(16)7-8-15-13(9)10/h1,3,5,7-8H,6H2,(H2,14,17)(H,15,16). The molecule has 0 bridgehead atoms. The van der Waals surface area contributed by atoms with E-state index in [1.54, 1.807) is 24.4 Å². The van der Waals surface area contributed by atoms with E-state index in [1.165, 1.54) is 6.07 Å². The Kier molecular flexibility index (Phi) is 2.93. The number of carbonyl (C=O) groups excluding carboxylic acids is 1. The summed E-state index contributed by atoms with van der Waals surface area (Å²) in [5.41, 5.74) is 6.30. The first-order chi connectivity index (χ1) is 8.18. The molecule has 17 heavy (non-hydrogen) atoms. The second-order valence-corrected chi connectivity index (χ2v) is 3.51. The van der Waals surface area contributed by atoms with Gasteiger partial charge < -0.3 is 10.7 Å². The Bertz CT molecular complexity index is 690. The van der Waals surface area contributed by atoms with Gasteiger partial charge in [-0.15, -0.1) is 0 Å². The average Bonchev–Trinajstić information content (AvgIpc) is 2.30. The summed E-state index contributed by atoms with van der Waals surface area (Å²) in [5.74, 6) is 5.02. The fraction of sp³-hybridized carbons (Fsp3) is 0.0769. The average molecular weight is 226 g/mol. The number of carbonyl (C=O) groups is 1. The predicted octanol–water partition coefficient (Wildman–Crippen LogP) is 0.755. The van der Waals surface area contributed by atoms with Gasteiger partial charge in [-0.1, -0.05) is 17.9 Å². The zero-order chi connectivity index (χ0) is 12.3. The van der Waals surface area contributed by atoms with Gasteiger partial charge in [0, 0.05) is 23.2 Å². The number of para-hydroxylation sites is 1. The van der Waals surface area contributed by atoms with Crippen LogP contribution >= 0.6 is 0 Å².